The summed E-state index contributed by atoms with van der Waals surface area (Å²) >= 11 is 0. The van der Waals surface area contributed by atoms with E-state index in [1.54, 1.807) is 19.2 Å². The van der Waals surface area contributed by atoms with Crippen LogP contribution in [0.1, 0.15) is 35.4 Å². The van der Waals surface area contributed by atoms with Crippen molar-refractivity contribution in [1.29, 1.82) is 0 Å². The zero-order valence-corrected chi connectivity index (χ0v) is 11.6. The van der Waals surface area contributed by atoms with Gasteiger partial charge in [-0.15, -0.1) is 10.2 Å². The van der Waals surface area contributed by atoms with E-state index in [0.717, 1.165) is 12.0 Å². The summed E-state index contributed by atoms with van der Waals surface area (Å²) < 4.78 is 0. The van der Waals surface area contributed by atoms with Crippen molar-refractivity contribution in [3.8, 4) is 0 Å². The molecule has 20 heavy (non-hydrogen) atoms. The van der Waals surface area contributed by atoms with Crippen LogP contribution in [0, 0.1) is 0 Å². The van der Waals surface area contributed by atoms with Gasteiger partial charge in [-0.25, -0.2) is 0 Å². The highest BCUT2D eigenvalue weighted by molar-refractivity contribution is 5.92. The van der Waals surface area contributed by atoms with Crippen molar-refractivity contribution in [3.63, 3.8) is 0 Å². The Labute approximate surface area is 118 Å². The van der Waals surface area contributed by atoms with Crippen LogP contribution in [0.2, 0.25) is 0 Å². The lowest BCUT2D eigenvalue weighted by Gasteiger charge is -2.17. The number of nitrogens with zero attached hydrogens (tertiary/aromatic N) is 2. The summed E-state index contributed by atoms with van der Waals surface area (Å²) in [5.41, 5.74) is 1.40. The molecule has 1 aromatic heterocycles. The minimum atomic E-state index is -0.212. The average Bonchev–Trinajstić information content (AvgIpc) is 2.53. The smallest absolute Gasteiger partial charge is 0.272 e. The summed E-state index contributed by atoms with van der Waals surface area (Å²) in [6.07, 6.45) is 0.817. The standard InChI is InChI=1S/C15H18N4O/c1-3-12(11-7-5-4-6-8-11)17-15(20)13-9-10-14(16-2)19-18-13/h4-10,12H,3H2,1-2H3,(H,16,19)(H,17,20). The highest BCUT2D eigenvalue weighted by atomic mass is 16.2. The van der Waals surface area contributed by atoms with Crippen LogP contribution in [0.3, 0.4) is 0 Å². The van der Waals surface area contributed by atoms with E-state index >= 15 is 0 Å². The first kappa shape index (κ1) is 14.0. The topological polar surface area (TPSA) is 66.9 Å². The second kappa shape index (κ2) is 6.65. The summed E-state index contributed by atoms with van der Waals surface area (Å²) in [7, 11) is 1.76. The predicted octanol–water partition coefficient (Wildman–Crippen LogP) is 2.40. The second-order valence-electron chi connectivity index (χ2n) is 4.40. The van der Waals surface area contributed by atoms with Gasteiger partial charge < -0.3 is 10.6 Å². The molecule has 1 aromatic carbocycles. The Morgan fingerprint density at radius 2 is 1.90 bits per heavy atom. The molecule has 0 fully saturated rings. The van der Waals surface area contributed by atoms with Gasteiger partial charge in [0.1, 0.15) is 5.82 Å². The van der Waals surface area contributed by atoms with Crippen LogP contribution in [-0.4, -0.2) is 23.2 Å². The van der Waals surface area contributed by atoms with Crippen LogP contribution in [-0.2, 0) is 0 Å². The molecule has 0 radical (unpaired) electrons. The number of nitrogens with one attached hydrogen (secondary N) is 2. The van der Waals surface area contributed by atoms with Crippen molar-refractivity contribution in [2.24, 2.45) is 0 Å². The zero-order valence-electron chi connectivity index (χ0n) is 11.6. The quantitative estimate of drug-likeness (QED) is 0.875. The summed E-state index contributed by atoms with van der Waals surface area (Å²) in [6, 6.07) is 13.3. The van der Waals surface area contributed by atoms with E-state index < -0.39 is 0 Å². The van der Waals surface area contributed by atoms with E-state index in [2.05, 4.69) is 20.8 Å². The number of benzene rings is 1. The molecule has 0 aliphatic rings. The van der Waals surface area contributed by atoms with E-state index in [-0.39, 0.29) is 11.9 Å². The molecule has 2 aromatic rings. The molecule has 104 valence electrons. The Morgan fingerprint density at radius 1 is 1.15 bits per heavy atom. The molecule has 0 bridgehead atoms. The maximum Gasteiger partial charge on any atom is 0.272 e. The molecule has 5 nitrogen and oxygen atoms in total. The molecule has 0 spiro atoms. The van der Waals surface area contributed by atoms with Gasteiger partial charge in [0.15, 0.2) is 5.69 Å². The van der Waals surface area contributed by atoms with Crippen LogP contribution in [0.25, 0.3) is 0 Å². The number of anilines is 1. The summed E-state index contributed by atoms with van der Waals surface area (Å²) in [5.74, 6) is 0.424. The first-order chi connectivity index (χ1) is 9.74. The van der Waals surface area contributed by atoms with Crippen molar-refractivity contribution in [3.05, 3.63) is 53.7 Å². The number of aromatic nitrogens is 2. The van der Waals surface area contributed by atoms with E-state index in [1.807, 2.05) is 37.3 Å². The predicted molar refractivity (Wildman–Crippen MR) is 78.5 cm³/mol. The SMILES string of the molecule is CCC(NC(=O)c1ccc(NC)nn1)c1ccccc1. The molecule has 0 saturated carbocycles. The lowest BCUT2D eigenvalue weighted by Crippen LogP contribution is -2.29. The lowest BCUT2D eigenvalue weighted by atomic mass is 10.0. The number of carbonyl (C=O) groups excluding carboxylic acids is 1. The molecule has 2 rings (SSSR count). The third-order valence-corrected chi connectivity index (χ3v) is 3.07. The molecule has 2 N–H and O–H groups in total. The molecule has 0 saturated heterocycles. The average molecular weight is 270 g/mol. The first-order valence-electron chi connectivity index (χ1n) is 6.62. The zero-order chi connectivity index (χ0) is 14.4. The van der Waals surface area contributed by atoms with Gasteiger partial charge in [-0.05, 0) is 24.1 Å². The van der Waals surface area contributed by atoms with Gasteiger partial charge in [0.05, 0.1) is 6.04 Å². The van der Waals surface area contributed by atoms with Gasteiger partial charge >= 0.3 is 0 Å². The maximum absolute atomic E-state index is 12.2. The number of hydrogen-bond acceptors (Lipinski definition) is 4. The van der Waals surface area contributed by atoms with E-state index in [4.69, 9.17) is 0 Å². The maximum atomic E-state index is 12.2. The first-order valence-corrected chi connectivity index (χ1v) is 6.62. The van der Waals surface area contributed by atoms with Gasteiger partial charge in [0, 0.05) is 7.05 Å². The second-order valence-corrected chi connectivity index (χ2v) is 4.40. The van der Waals surface area contributed by atoms with Crippen LogP contribution in [0.5, 0.6) is 0 Å². The van der Waals surface area contributed by atoms with Gasteiger partial charge in [-0.3, -0.25) is 4.79 Å². The van der Waals surface area contributed by atoms with Crippen molar-refractivity contribution >= 4 is 11.7 Å². The number of rotatable bonds is 5. The fourth-order valence-corrected chi connectivity index (χ4v) is 1.93. The Balaban J connectivity index is 2.09. The molecular formula is C15H18N4O. The molecule has 0 aliphatic heterocycles. The largest absolute Gasteiger partial charge is 0.372 e. The van der Waals surface area contributed by atoms with E-state index in [1.165, 1.54) is 0 Å². The van der Waals surface area contributed by atoms with E-state index in [9.17, 15) is 4.79 Å². The van der Waals surface area contributed by atoms with E-state index in [0.29, 0.717) is 11.5 Å². The Morgan fingerprint density at radius 3 is 2.45 bits per heavy atom. The Bertz CT molecular complexity index is 554. The fourth-order valence-electron chi connectivity index (χ4n) is 1.93. The highest BCUT2D eigenvalue weighted by Gasteiger charge is 2.15. The van der Waals surface area contributed by atoms with Gasteiger partial charge in [0.2, 0.25) is 0 Å². The third-order valence-electron chi connectivity index (χ3n) is 3.07. The van der Waals surface area contributed by atoms with Crippen molar-refractivity contribution < 1.29 is 4.79 Å². The molecule has 1 amide bonds. The molecule has 1 heterocycles. The minimum Gasteiger partial charge on any atom is -0.372 e. The normalized spacial score (nSPS) is 11.7. The monoisotopic (exact) mass is 270 g/mol. The number of hydrogen-bond donors (Lipinski definition) is 2. The summed E-state index contributed by atoms with van der Waals surface area (Å²) in [5, 5.41) is 13.6. The molecule has 0 aliphatic carbocycles. The minimum absolute atomic E-state index is 0.0190. The van der Waals surface area contributed by atoms with Gasteiger partial charge in [-0.2, -0.15) is 0 Å². The Hall–Kier alpha value is -2.43. The third kappa shape index (κ3) is 3.32. The van der Waals surface area contributed by atoms with Crippen LogP contribution < -0.4 is 10.6 Å². The fraction of sp³-hybridized carbons (Fsp3) is 0.267. The summed E-state index contributed by atoms with van der Waals surface area (Å²) in [6.45, 7) is 2.04. The Kier molecular flexibility index (Phi) is 4.65. The summed E-state index contributed by atoms with van der Waals surface area (Å²) in [4.78, 5) is 12.2. The molecular weight excluding hydrogens is 252 g/mol. The van der Waals surface area contributed by atoms with Gasteiger partial charge in [0.25, 0.3) is 5.91 Å². The van der Waals surface area contributed by atoms with Crippen molar-refractivity contribution in [2.45, 2.75) is 19.4 Å². The van der Waals surface area contributed by atoms with Gasteiger partial charge in [-0.1, -0.05) is 37.3 Å². The highest BCUT2D eigenvalue weighted by Crippen LogP contribution is 2.16. The van der Waals surface area contributed by atoms with Crippen LogP contribution in [0.4, 0.5) is 5.82 Å². The molecule has 1 unspecified atom stereocenters. The van der Waals surface area contributed by atoms with Crippen LogP contribution in [0.15, 0.2) is 42.5 Å². The van der Waals surface area contributed by atoms with Crippen molar-refractivity contribution in [2.75, 3.05) is 12.4 Å². The lowest BCUT2D eigenvalue weighted by molar-refractivity contribution is 0.0929. The van der Waals surface area contributed by atoms with Crippen molar-refractivity contribution in [1.82, 2.24) is 15.5 Å². The number of amides is 1. The molecule has 1 atom stereocenters. The molecule has 5 heteroatoms. The van der Waals surface area contributed by atoms with Crippen LogP contribution >= 0.6 is 0 Å². The number of carbonyl (C=O) groups is 1.